The van der Waals surface area contributed by atoms with Crippen molar-refractivity contribution in [3.05, 3.63) is 47.6 Å². The number of hydrogen-bond acceptors (Lipinski definition) is 5. The Bertz CT molecular complexity index is 752. The average molecular weight is 286 g/mol. The van der Waals surface area contributed by atoms with Crippen LogP contribution in [0.2, 0.25) is 0 Å². The molecule has 0 aliphatic heterocycles. The minimum atomic E-state index is -0.852. The van der Waals surface area contributed by atoms with Crippen LogP contribution in [0.15, 0.2) is 42.0 Å². The molecule has 6 heteroatoms. The van der Waals surface area contributed by atoms with Crippen molar-refractivity contribution < 1.29 is 14.6 Å². The summed E-state index contributed by atoms with van der Waals surface area (Å²) in [6.45, 7) is 0. The Morgan fingerprint density at radius 2 is 2.00 bits per heavy atom. The second kappa shape index (κ2) is 5.26. The topological polar surface area (TPSA) is 72.3 Å². The zero-order chi connectivity index (χ0) is 13.9. The maximum atomic E-state index is 10.6. The number of carboxylic acids is 1. The van der Waals surface area contributed by atoms with E-state index in [1.165, 1.54) is 17.7 Å². The zero-order valence-corrected chi connectivity index (χ0v) is 11.1. The number of benzene rings is 1. The van der Waals surface area contributed by atoms with E-state index in [-0.39, 0.29) is 6.42 Å². The molecule has 2 aromatic heterocycles. The molecule has 0 saturated carbocycles. The van der Waals surface area contributed by atoms with Crippen molar-refractivity contribution in [3.63, 3.8) is 0 Å². The van der Waals surface area contributed by atoms with Gasteiger partial charge in [0.25, 0.3) is 0 Å². The lowest BCUT2D eigenvalue weighted by atomic mass is 10.1. The molecule has 0 unspecified atom stereocenters. The maximum absolute atomic E-state index is 10.6. The highest BCUT2D eigenvalue weighted by atomic mass is 32.1. The van der Waals surface area contributed by atoms with Crippen molar-refractivity contribution >= 4 is 27.5 Å². The molecule has 1 aromatic carbocycles. The molecule has 0 bridgehead atoms. The van der Waals surface area contributed by atoms with Crippen LogP contribution in [0.5, 0.6) is 11.6 Å². The monoisotopic (exact) mass is 286 g/mol. The van der Waals surface area contributed by atoms with Gasteiger partial charge in [-0.05, 0) is 29.1 Å². The van der Waals surface area contributed by atoms with Crippen LogP contribution in [-0.4, -0.2) is 21.0 Å². The van der Waals surface area contributed by atoms with Crippen LogP contribution in [0.1, 0.15) is 5.56 Å². The Morgan fingerprint density at radius 1 is 1.20 bits per heavy atom. The molecule has 0 amide bonds. The van der Waals surface area contributed by atoms with E-state index in [0.29, 0.717) is 11.6 Å². The van der Waals surface area contributed by atoms with Crippen LogP contribution in [0.3, 0.4) is 0 Å². The van der Waals surface area contributed by atoms with Gasteiger partial charge in [-0.2, -0.15) is 0 Å². The summed E-state index contributed by atoms with van der Waals surface area (Å²) in [7, 11) is 0. The molecular weight excluding hydrogens is 276 g/mol. The lowest BCUT2D eigenvalue weighted by Gasteiger charge is -2.05. The first-order valence-corrected chi connectivity index (χ1v) is 6.77. The van der Waals surface area contributed by atoms with E-state index >= 15 is 0 Å². The molecule has 1 N–H and O–H groups in total. The van der Waals surface area contributed by atoms with Gasteiger partial charge >= 0.3 is 5.97 Å². The molecule has 0 fully saturated rings. The van der Waals surface area contributed by atoms with Crippen molar-refractivity contribution in [2.24, 2.45) is 0 Å². The molecule has 20 heavy (non-hydrogen) atoms. The number of hydrogen-bond donors (Lipinski definition) is 1. The number of aliphatic carboxylic acids is 1. The van der Waals surface area contributed by atoms with Gasteiger partial charge in [-0.25, -0.2) is 9.97 Å². The minimum Gasteiger partial charge on any atom is -0.481 e. The first kappa shape index (κ1) is 12.6. The largest absolute Gasteiger partial charge is 0.481 e. The number of carbonyl (C=O) groups is 1. The van der Waals surface area contributed by atoms with Gasteiger partial charge in [0.05, 0.1) is 11.9 Å². The summed E-state index contributed by atoms with van der Waals surface area (Å²) in [5, 5.41) is 10.7. The van der Waals surface area contributed by atoms with Gasteiger partial charge in [0.1, 0.15) is 16.8 Å². The number of fused-ring (bicyclic) bond motifs is 1. The normalized spacial score (nSPS) is 10.6. The summed E-state index contributed by atoms with van der Waals surface area (Å²) in [6, 6.07) is 8.84. The van der Waals surface area contributed by atoms with Gasteiger partial charge in [0.15, 0.2) is 0 Å². The van der Waals surface area contributed by atoms with E-state index in [1.54, 1.807) is 24.3 Å². The highest BCUT2D eigenvalue weighted by molar-refractivity contribution is 7.17. The lowest BCUT2D eigenvalue weighted by Crippen LogP contribution is -1.99. The Morgan fingerprint density at radius 3 is 2.75 bits per heavy atom. The summed E-state index contributed by atoms with van der Waals surface area (Å²) in [5.74, 6) is 0.276. The smallest absolute Gasteiger partial charge is 0.307 e. The molecule has 0 atom stereocenters. The van der Waals surface area contributed by atoms with E-state index in [2.05, 4.69) is 9.97 Å². The molecule has 0 radical (unpaired) electrons. The average Bonchev–Trinajstić information content (AvgIpc) is 2.90. The molecule has 0 saturated heterocycles. The van der Waals surface area contributed by atoms with Crippen molar-refractivity contribution in [3.8, 4) is 11.6 Å². The van der Waals surface area contributed by atoms with Crippen molar-refractivity contribution in [1.29, 1.82) is 0 Å². The predicted molar refractivity (Wildman–Crippen MR) is 75.3 cm³/mol. The molecule has 0 aliphatic carbocycles. The van der Waals surface area contributed by atoms with Crippen LogP contribution < -0.4 is 4.74 Å². The second-order valence-electron chi connectivity index (χ2n) is 4.13. The first-order valence-electron chi connectivity index (χ1n) is 5.89. The van der Waals surface area contributed by atoms with Gasteiger partial charge in [0, 0.05) is 0 Å². The van der Waals surface area contributed by atoms with E-state index in [9.17, 15) is 4.79 Å². The number of aromatic nitrogens is 2. The number of carboxylic acid groups (broad SMARTS) is 1. The van der Waals surface area contributed by atoms with Crippen LogP contribution in [-0.2, 0) is 11.2 Å². The third-order valence-corrected chi connectivity index (χ3v) is 3.60. The Labute approximate surface area is 118 Å². The van der Waals surface area contributed by atoms with Crippen molar-refractivity contribution in [2.45, 2.75) is 6.42 Å². The SMILES string of the molecule is O=C(O)Cc1ccc(Oc2ncnc3ccsc23)cc1. The summed E-state index contributed by atoms with van der Waals surface area (Å²) < 4.78 is 6.61. The Balaban J connectivity index is 1.84. The van der Waals surface area contributed by atoms with E-state index in [1.807, 2.05) is 11.4 Å². The predicted octanol–water partition coefficient (Wildman–Crippen LogP) is 3.11. The fraction of sp³-hybridized carbons (Fsp3) is 0.0714. The molecule has 3 rings (SSSR count). The fourth-order valence-corrected chi connectivity index (χ4v) is 2.57. The molecule has 3 aromatic rings. The van der Waals surface area contributed by atoms with Crippen molar-refractivity contribution in [1.82, 2.24) is 9.97 Å². The Kier molecular flexibility index (Phi) is 3.30. The highest BCUT2D eigenvalue weighted by Gasteiger charge is 2.07. The molecule has 0 aliphatic rings. The summed E-state index contributed by atoms with van der Waals surface area (Å²) in [6.07, 6.45) is 1.46. The molecule has 2 heterocycles. The molecule has 0 spiro atoms. The van der Waals surface area contributed by atoms with Crippen LogP contribution in [0.25, 0.3) is 10.2 Å². The number of thiophene rings is 1. The lowest BCUT2D eigenvalue weighted by molar-refractivity contribution is -0.136. The van der Waals surface area contributed by atoms with Gasteiger partial charge < -0.3 is 9.84 Å². The van der Waals surface area contributed by atoms with Crippen LogP contribution >= 0.6 is 11.3 Å². The minimum absolute atomic E-state index is 0.00293. The first-order chi connectivity index (χ1) is 9.72. The summed E-state index contributed by atoms with van der Waals surface area (Å²) in [4.78, 5) is 18.9. The standard InChI is InChI=1S/C14H10N2O3S/c17-12(18)7-9-1-3-10(4-2-9)19-14-13-11(5-6-20-13)15-8-16-14/h1-6,8H,7H2,(H,17,18). The fourth-order valence-electron chi connectivity index (χ4n) is 1.80. The molecule has 5 nitrogen and oxygen atoms in total. The number of ether oxygens (including phenoxy) is 1. The van der Waals surface area contributed by atoms with E-state index in [0.717, 1.165) is 15.8 Å². The van der Waals surface area contributed by atoms with E-state index < -0.39 is 5.97 Å². The third kappa shape index (κ3) is 2.60. The van der Waals surface area contributed by atoms with Gasteiger partial charge in [-0.15, -0.1) is 11.3 Å². The molecule has 100 valence electrons. The van der Waals surface area contributed by atoms with Gasteiger partial charge in [0.2, 0.25) is 5.88 Å². The maximum Gasteiger partial charge on any atom is 0.307 e. The number of rotatable bonds is 4. The third-order valence-electron chi connectivity index (χ3n) is 2.70. The molecular formula is C14H10N2O3S. The number of nitrogens with zero attached hydrogens (tertiary/aromatic N) is 2. The van der Waals surface area contributed by atoms with Gasteiger partial charge in [-0.1, -0.05) is 12.1 Å². The summed E-state index contributed by atoms with van der Waals surface area (Å²) >= 11 is 1.52. The second-order valence-corrected chi connectivity index (χ2v) is 5.05. The summed E-state index contributed by atoms with van der Waals surface area (Å²) in [5.41, 5.74) is 1.58. The highest BCUT2D eigenvalue weighted by Crippen LogP contribution is 2.30. The van der Waals surface area contributed by atoms with Crippen molar-refractivity contribution in [2.75, 3.05) is 0 Å². The zero-order valence-electron chi connectivity index (χ0n) is 10.3. The Hall–Kier alpha value is -2.47. The van der Waals surface area contributed by atoms with E-state index in [4.69, 9.17) is 9.84 Å². The quantitative estimate of drug-likeness (QED) is 0.797. The van der Waals surface area contributed by atoms with Crippen LogP contribution in [0.4, 0.5) is 0 Å². The van der Waals surface area contributed by atoms with Gasteiger partial charge in [-0.3, -0.25) is 4.79 Å². The van der Waals surface area contributed by atoms with Crippen LogP contribution in [0, 0.1) is 0 Å².